The zero-order valence-corrected chi connectivity index (χ0v) is 14.7. The Hall–Kier alpha value is -3.26. The van der Waals surface area contributed by atoms with Gasteiger partial charge in [0.25, 0.3) is 11.6 Å². The lowest BCUT2D eigenvalue weighted by Gasteiger charge is -2.09. The number of amides is 1. The zero-order valence-electron chi connectivity index (χ0n) is 13.9. The summed E-state index contributed by atoms with van der Waals surface area (Å²) in [6, 6.07) is 15.2. The maximum atomic E-state index is 12.0. The highest BCUT2D eigenvalue weighted by atomic mass is 32.1. The van der Waals surface area contributed by atoms with Gasteiger partial charge in [-0.25, -0.2) is 5.43 Å². The van der Waals surface area contributed by atoms with E-state index in [9.17, 15) is 14.9 Å². The van der Waals surface area contributed by atoms with Crippen molar-refractivity contribution in [3.05, 3.63) is 68.9 Å². The smallest absolute Gasteiger partial charge is 0.280 e. The second kappa shape index (κ2) is 7.75. The van der Waals surface area contributed by atoms with Crippen LogP contribution < -0.4 is 10.7 Å². The first-order valence-electron chi connectivity index (χ1n) is 7.82. The Bertz CT molecular complexity index is 992. The van der Waals surface area contributed by atoms with Gasteiger partial charge in [0.2, 0.25) is 0 Å². The Morgan fingerprint density at radius 1 is 1.23 bits per heavy atom. The molecule has 132 valence electrons. The summed E-state index contributed by atoms with van der Waals surface area (Å²) >= 11 is 1.21. The van der Waals surface area contributed by atoms with Crippen LogP contribution in [0.4, 0.5) is 11.4 Å². The van der Waals surface area contributed by atoms with Crippen LogP contribution in [0.25, 0.3) is 10.8 Å². The van der Waals surface area contributed by atoms with Crippen molar-refractivity contribution < 1.29 is 9.72 Å². The lowest BCUT2D eigenvalue weighted by molar-refractivity contribution is -0.384. The van der Waals surface area contributed by atoms with Gasteiger partial charge in [-0.1, -0.05) is 36.4 Å². The van der Waals surface area contributed by atoms with E-state index in [4.69, 9.17) is 0 Å². The van der Waals surface area contributed by atoms with E-state index in [1.54, 1.807) is 6.92 Å². The number of nitrogens with zero attached hydrogens (tertiary/aromatic N) is 2. The molecule has 2 aromatic carbocycles. The molecule has 0 fully saturated rings. The fourth-order valence-corrected chi connectivity index (χ4v) is 3.21. The third-order valence-electron chi connectivity index (χ3n) is 3.73. The van der Waals surface area contributed by atoms with E-state index in [2.05, 4.69) is 15.8 Å². The van der Waals surface area contributed by atoms with Crippen LogP contribution in [0.3, 0.4) is 0 Å². The molecule has 0 radical (unpaired) electrons. The van der Waals surface area contributed by atoms with Crippen LogP contribution in [0.5, 0.6) is 0 Å². The van der Waals surface area contributed by atoms with E-state index < -0.39 is 4.92 Å². The van der Waals surface area contributed by atoms with Gasteiger partial charge in [0.05, 0.1) is 27.4 Å². The highest BCUT2D eigenvalue weighted by Gasteiger charge is 2.11. The topological polar surface area (TPSA) is 96.6 Å². The minimum atomic E-state index is -0.458. The Morgan fingerprint density at radius 2 is 2.00 bits per heavy atom. The number of hydrazone groups is 1. The zero-order chi connectivity index (χ0) is 18.5. The van der Waals surface area contributed by atoms with Crippen LogP contribution in [-0.2, 0) is 4.79 Å². The molecule has 1 amide bonds. The number of fused-ring (bicyclic) bond motifs is 1. The molecule has 0 spiro atoms. The van der Waals surface area contributed by atoms with Gasteiger partial charge < -0.3 is 5.32 Å². The van der Waals surface area contributed by atoms with Gasteiger partial charge in [0.15, 0.2) is 0 Å². The molecule has 7 nitrogen and oxygen atoms in total. The van der Waals surface area contributed by atoms with Crippen molar-refractivity contribution in [1.82, 2.24) is 5.43 Å². The van der Waals surface area contributed by atoms with Gasteiger partial charge in [-0.3, -0.25) is 14.9 Å². The number of benzene rings is 2. The first-order valence-corrected chi connectivity index (χ1v) is 8.70. The molecule has 0 aliphatic carbocycles. The van der Waals surface area contributed by atoms with E-state index in [0.29, 0.717) is 10.6 Å². The fourth-order valence-electron chi connectivity index (χ4n) is 2.41. The number of nitro groups is 1. The van der Waals surface area contributed by atoms with Crippen LogP contribution in [-0.4, -0.2) is 23.1 Å². The van der Waals surface area contributed by atoms with Gasteiger partial charge in [0, 0.05) is 17.1 Å². The minimum absolute atomic E-state index is 0.0171. The molecule has 3 rings (SSSR count). The lowest BCUT2D eigenvalue weighted by atomic mass is 10.1. The lowest BCUT2D eigenvalue weighted by Crippen LogP contribution is -2.26. The molecule has 2 N–H and O–H groups in total. The van der Waals surface area contributed by atoms with Crippen LogP contribution >= 0.6 is 11.3 Å². The van der Waals surface area contributed by atoms with E-state index in [1.807, 2.05) is 42.5 Å². The predicted molar refractivity (Wildman–Crippen MR) is 104 cm³/mol. The average Bonchev–Trinajstić information content (AvgIpc) is 3.15. The molecule has 1 heterocycles. The van der Waals surface area contributed by atoms with Crippen molar-refractivity contribution in [2.24, 2.45) is 5.10 Å². The number of thiophene rings is 1. The Kier molecular flexibility index (Phi) is 5.23. The Balaban J connectivity index is 1.60. The molecule has 0 saturated carbocycles. The van der Waals surface area contributed by atoms with Gasteiger partial charge in [-0.2, -0.15) is 5.10 Å². The third kappa shape index (κ3) is 4.04. The van der Waals surface area contributed by atoms with E-state index >= 15 is 0 Å². The Morgan fingerprint density at radius 3 is 2.77 bits per heavy atom. The number of rotatable bonds is 6. The molecule has 0 atom stereocenters. The summed E-state index contributed by atoms with van der Waals surface area (Å²) in [5.74, 6) is -0.302. The van der Waals surface area contributed by atoms with Crippen LogP contribution in [0, 0.1) is 10.1 Å². The van der Waals surface area contributed by atoms with Crippen molar-refractivity contribution in [1.29, 1.82) is 0 Å². The molecule has 0 aliphatic rings. The summed E-state index contributed by atoms with van der Waals surface area (Å²) in [7, 11) is 0. The molecule has 0 aliphatic heterocycles. The number of anilines is 1. The largest absolute Gasteiger partial charge is 0.376 e. The maximum Gasteiger partial charge on any atom is 0.280 e. The quantitative estimate of drug-likeness (QED) is 0.393. The number of carbonyl (C=O) groups excluding carboxylic acids is 1. The van der Waals surface area contributed by atoms with E-state index in [1.165, 1.54) is 22.8 Å². The molecule has 1 aromatic heterocycles. The number of hydrogen-bond acceptors (Lipinski definition) is 6. The van der Waals surface area contributed by atoms with E-state index in [0.717, 1.165) is 16.5 Å². The summed E-state index contributed by atoms with van der Waals surface area (Å²) in [5, 5.41) is 21.4. The molecule has 0 bridgehead atoms. The summed E-state index contributed by atoms with van der Waals surface area (Å²) in [6.45, 7) is 1.75. The monoisotopic (exact) mass is 368 g/mol. The van der Waals surface area contributed by atoms with Gasteiger partial charge in [-0.05, 0) is 18.4 Å². The number of hydrogen-bond donors (Lipinski definition) is 2. The summed E-state index contributed by atoms with van der Waals surface area (Å²) in [4.78, 5) is 22.9. The van der Waals surface area contributed by atoms with Crippen molar-refractivity contribution in [2.75, 3.05) is 11.9 Å². The van der Waals surface area contributed by atoms with Crippen LogP contribution in [0.15, 0.2) is 59.0 Å². The first kappa shape index (κ1) is 17.6. The van der Waals surface area contributed by atoms with Crippen LogP contribution in [0.1, 0.15) is 11.8 Å². The summed E-state index contributed by atoms with van der Waals surface area (Å²) in [6.07, 6.45) is 0. The fraction of sp³-hybridized carbons (Fsp3) is 0.111. The molecule has 3 aromatic rings. The maximum absolute atomic E-state index is 12.0. The van der Waals surface area contributed by atoms with Crippen molar-refractivity contribution in [2.45, 2.75) is 6.92 Å². The first-order chi connectivity index (χ1) is 12.5. The molecule has 26 heavy (non-hydrogen) atoms. The van der Waals surface area contributed by atoms with Crippen LogP contribution in [0.2, 0.25) is 0 Å². The van der Waals surface area contributed by atoms with Crippen molar-refractivity contribution >= 4 is 45.1 Å². The molecule has 0 saturated heterocycles. The second-order valence-corrected chi connectivity index (χ2v) is 6.45. The molecule has 0 unspecified atom stereocenters. The number of nitrogens with one attached hydrogen (secondary N) is 2. The van der Waals surface area contributed by atoms with Crippen molar-refractivity contribution in [3.63, 3.8) is 0 Å². The molecule has 8 heteroatoms. The highest BCUT2D eigenvalue weighted by molar-refractivity contribution is 7.12. The SMILES string of the molecule is CC(=NNC(=O)CNc1cccc2ccccc12)c1cc([N+](=O)[O-])cs1. The standard InChI is InChI=1S/C18H16N4O3S/c1-12(17-9-14(11-26-17)22(24)25)20-21-18(23)10-19-16-8-4-6-13-5-2-3-7-15(13)16/h2-9,11,19H,10H2,1H3,(H,21,23). The normalized spacial score (nSPS) is 11.3. The van der Waals surface area contributed by atoms with Crippen molar-refractivity contribution in [3.8, 4) is 0 Å². The molecular weight excluding hydrogens is 352 g/mol. The third-order valence-corrected chi connectivity index (χ3v) is 4.76. The Labute approximate surface area is 153 Å². The van der Waals surface area contributed by atoms with Gasteiger partial charge in [-0.15, -0.1) is 11.3 Å². The number of carbonyl (C=O) groups is 1. The highest BCUT2D eigenvalue weighted by Crippen LogP contribution is 2.23. The molecular formula is C18H16N4O3S. The second-order valence-electron chi connectivity index (χ2n) is 5.54. The summed E-state index contributed by atoms with van der Waals surface area (Å²) < 4.78 is 0. The average molecular weight is 368 g/mol. The van der Waals surface area contributed by atoms with Gasteiger partial charge in [0.1, 0.15) is 0 Å². The van der Waals surface area contributed by atoms with E-state index in [-0.39, 0.29) is 18.1 Å². The van der Waals surface area contributed by atoms with Gasteiger partial charge >= 0.3 is 0 Å². The predicted octanol–water partition coefficient (Wildman–Crippen LogP) is 3.76. The summed E-state index contributed by atoms with van der Waals surface area (Å²) in [5.41, 5.74) is 3.86. The minimum Gasteiger partial charge on any atom is -0.376 e.